The molecule has 2 aromatic rings. The van der Waals surface area contributed by atoms with Crippen LogP contribution in [0.5, 0.6) is 0 Å². The molecule has 1 unspecified atom stereocenters. The zero-order chi connectivity index (χ0) is 13.1. The maximum absolute atomic E-state index is 9.18. The summed E-state index contributed by atoms with van der Waals surface area (Å²) in [6.45, 7) is 5.75. The molecule has 0 radical (unpaired) electrons. The van der Waals surface area contributed by atoms with E-state index in [-0.39, 0.29) is 6.04 Å². The van der Waals surface area contributed by atoms with Crippen molar-refractivity contribution in [3.8, 4) is 6.07 Å². The molecule has 0 aliphatic carbocycles. The number of furan rings is 1. The molecule has 4 nitrogen and oxygen atoms in total. The van der Waals surface area contributed by atoms with Gasteiger partial charge in [0.25, 0.3) is 0 Å². The number of nitrogens with zero attached hydrogens (tertiary/aromatic N) is 2. The van der Waals surface area contributed by atoms with Gasteiger partial charge in [-0.15, -0.1) is 0 Å². The highest BCUT2D eigenvalue weighted by molar-refractivity contribution is 5.60. The van der Waals surface area contributed by atoms with Gasteiger partial charge in [0, 0.05) is 5.69 Å². The lowest BCUT2D eigenvalue weighted by Crippen LogP contribution is -2.08. The normalized spacial score (nSPS) is 11.9. The first-order valence-electron chi connectivity index (χ1n) is 5.80. The van der Waals surface area contributed by atoms with Crippen LogP contribution in [0.1, 0.15) is 35.7 Å². The van der Waals surface area contributed by atoms with Crippen molar-refractivity contribution in [3.63, 3.8) is 0 Å². The third-order valence-corrected chi connectivity index (χ3v) is 2.78. The topological polar surface area (TPSA) is 61.9 Å². The standard InChI is InChI=1S/C14H15N3O/c1-9-7-13(12(8-15)10(2)16-9)17-11(3)14-5-4-6-18-14/h4-7,11H,1-3H3,(H,16,17). The first kappa shape index (κ1) is 12.2. The third-order valence-electron chi connectivity index (χ3n) is 2.78. The molecule has 2 aromatic heterocycles. The minimum atomic E-state index is 0.00769. The smallest absolute Gasteiger partial charge is 0.125 e. The number of hydrogen-bond acceptors (Lipinski definition) is 4. The number of aryl methyl sites for hydroxylation is 2. The van der Waals surface area contributed by atoms with Gasteiger partial charge in [-0.25, -0.2) is 0 Å². The maximum atomic E-state index is 9.18. The van der Waals surface area contributed by atoms with Gasteiger partial charge in [0.15, 0.2) is 0 Å². The fraction of sp³-hybridized carbons (Fsp3) is 0.286. The molecule has 2 rings (SSSR count). The summed E-state index contributed by atoms with van der Waals surface area (Å²) in [4.78, 5) is 4.29. The van der Waals surface area contributed by atoms with Crippen LogP contribution < -0.4 is 5.32 Å². The SMILES string of the molecule is Cc1cc(NC(C)c2ccco2)c(C#N)c(C)n1. The third kappa shape index (κ3) is 2.35. The van der Waals surface area contributed by atoms with Crippen LogP contribution in [0.25, 0.3) is 0 Å². The summed E-state index contributed by atoms with van der Waals surface area (Å²) in [7, 11) is 0. The van der Waals surface area contributed by atoms with Gasteiger partial charge >= 0.3 is 0 Å². The Hall–Kier alpha value is -2.28. The summed E-state index contributed by atoms with van der Waals surface area (Å²) in [5.74, 6) is 0.839. The average molecular weight is 241 g/mol. The number of rotatable bonds is 3. The number of hydrogen-bond donors (Lipinski definition) is 1. The second-order valence-corrected chi connectivity index (χ2v) is 4.26. The molecular weight excluding hydrogens is 226 g/mol. The molecule has 0 aliphatic rings. The van der Waals surface area contributed by atoms with Crippen molar-refractivity contribution in [1.29, 1.82) is 5.26 Å². The van der Waals surface area contributed by atoms with Crippen molar-refractivity contribution in [2.45, 2.75) is 26.8 Å². The van der Waals surface area contributed by atoms with Crippen molar-refractivity contribution < 1.29 is 4.42 Å². The molecule has 18 heavy (non-hydrogen) atoms. The highest BCUT2D eigenvalue weighted by Gasteiger charge is 2.13. The maximum Gasteiger partial charge on any atom is 0.125 e. The fourth-order valence-corrected chi connectivity index (χ4v) is 1.93. The lowest BCUT2D eigenvalue weighted by molar-refractivity contribution is 0.490. The second kappa shape index (κ2) is 4.92. The quantitative estimate of drug-likeness (QED) is 0.895. The van der Waals surface area contributed by atoms with Crippen molar-refractivity contribution in [2.75, 3.05) is 5.32 Å². The number of pyridine rings is 1. The van der Waals surface area contributed by atoms with E-state index in [0.717, 1.165) is 22.8 Å². The molecule has 0 aromatic carbocycles. The summed E-state index contributed by atoms with van der Waals surface area (Å²) in [6, 6.07) is 7.83. The molecule has 92 valence electrons. The van der Waals surface area contributed by atoms with E-state index in [1.807, 2.05) is 39.0 Å². The van der Waals surface area contributed by atoms with Crippen LogP contribution >= 0.6 is 0 Å². The summed E-state index contributed by atoms with van der Waals surface area (Å²) >= 11 is 0. The number of anilines is 1. The van der Waals surface area contributed by atoms with E-state index in [2.05, 4.69) is 16.4 Å². The summed E-state index contributed by atoms with van der Waals surface area (Å²) in [6.07, 6.45) is 1.64. The van der Waals surface area contributed by atoms with Gasteiger partial charge in [0.1, 0.15) is 11.8 Å². The van der Waals surface area contributed by atoms with Gasteiger partial charge in [-0.1, -0.05) is 0 Å². The molecule has 1 N–H and O–H groups in total. The first-order valence-corrected chi connectivity index (χ1v) is 5.80. The van der Waals surface area contributed by atoms with E-state index >= 15 is 0 Å². The van der Waals surface area contributed by atoms with E-state index in [1.165, 1.54) is 0 Å². The number of nitriles is 1. The molecule has 2 heterocycles. The van der Waals surface area contributed by atoms with Crippen molar-refractivity contribution in [3.05, 3.63) is 47.2 Å². The molecular formula is C14H15N3O. The molecule has 0 saturated carbocycles. The van der Waals surface area contributed by atoms with Crippen molar-refractivity contribution in [2.24, 2.45) is 0 Å². The molecule has 0 spiro atoms. The van der Waals surface area contributed by atoms with Crippen molar-refractivity contribution >= 4 is 5.69 Å². The van der Waals surface area contributed by atoms with Crippen molar-refractivity contribution in [1.82, 2.24) is 4.98 Å². The zero-order valence-electron chi connectivity index (χ0n) is 10.7. The van der Waals surface area contributed by atoms with Crippen LogP contribution in [-0.2, 0) is 0 Å². The van der Waals surface area contributed by atoms with Gasteiger partial charge in [-0.3, -0.25) is 4.98 Å². The highest BCUT2D eigenvalue weighted by atomic mass is 16.3. The van der Waals surface area contributed by atoms with E-state index in [1.54, 1.807) is 6.26 Å². The number of aromatic nitrogens is 1. The van der Waals surface area contributed by atoms with Gasteiger partial charge < -0.3 is 9.73 Å². The van der Waals surface area contributed by atoms with Crippen LogP contribution in [-0.4, -0.2) is 4.98 Å². The minimum Gasteiger partial charge on any atom is -0.467 e. The lowest BCUT2D eigenvalue weighted by Gasteiger charge is -2.15. The fourth-order valence-electron chi connectivity index (χ4n) is 1.93. The summed E-state index contributed by atoms with van der Waals surface area (Å²) in [5.41, 5.74) is 3.01. The van der Waals surface area contributed by atoms with Gasteiger partial charge in [0.2, 0.25) is 0 Å². The molecule has 0 saturated heterocycles. The van der Waals surface area contributed by atoms with E-state index in [9.17, 15) is 5.26 Å². The summed E-state index contributed by atoms with van der Waals surface area (Å²) in [5, 5.41) is 12.5. The van der Waals surface area contributed by atoms with Crippen LogP contribution in [0.4, 0.5) is 5.69 Å². The first-order chi connectivity index (χ1) is 8.61. The average Bonchev–Trinajstić information content (AvgIpc) is 2.81. The van der Waals surface area contributed by atoms with Crippen LogP contribution in [0.3, 0.4) is 0 Å². The highest BCUT2D eigenvalue weighted by Crippen LogP contribution is 2.24. The predicted molar refractivity (Wildman–Crippen MR) is 69.2 cm³/mol. The molecule has 0 amide bonds. The molecule has 0 fully saturated rings. The Morgan fingerprint density at radius 2 is 2.22 bits per heavy atom. The summed E-state index contributed by atoms with van der Waals surface area (Å²) < 4.78 is 5.34. The zero-order valence-corrected chi connectivity index (χ0v) is 10.7. The van der Waals surface area contributed by atoms with Gasteiger partial charge in [-0.05, 0) is 39.0 Å². The largest absolute Gasteiger partial charge is 0.467 e. The van der Waals surface area contributed by atoms with Crippen LogP contribution in [0, 0.1) is 25.2 Å². The second-order valence-electron chi connectivity index (χ2n) is 4.26. The predicted octanol–water partition coefficient (Wildman–Crippen LogP) is 3.34. The Morgan fingerprint density at radius 1 is 1.44 bits per heavy atom. The number of nitrogens with one attached hydrogen (secondary N) is 1. The minimum absolute atomic E-state index is 0.00769. The molecule has 0 aliphatic heterocycles. The van der Waals surface area contributed by atoms with Crippen LogP contribution in [0.15, 0.2) is 28.9 Å². The van der Waals surface area contributed by atoms with E-state index in [4.69, 9.17) is 4.42 Å². The Bertz CT molecular complexity index is 582. The Labute approximate surface area is 106 Å². The lowest BCUT2D eigenvalue weighted by atomic mass is 10.1. The Balaban J connectivity index is 2.32. The monoisotopic (exact) mass is 241 g/mol. The van der Waals surface area contributed by atoms with Gasteiger partial charge in [-0.2, -0.15) is 5.26 Å². The van der Waals surface area contributed by atoms with E-state index < -0.39 is 0 Å². The Kier molecular flexibility index (Phi) is 3.33. The molecule has 4 heteroatoms. The molecule has 0 bridgehead atoms. The van der Waals surface area contributed by atoms with Crippen LogP contribution in [0.2, 0.25) is 0 Å². The van der Waals surface area contributed by atoms with Gasteiger partial charge in [0.05, 0.1) is 29.2 Å². The van der Waals surface area contributed by atoms with E-state index in [0.29, 0.717) is 5.56 Å². The molecule has 1 atom stereocenters. The Morgan fingerprint density at radius 3 is 2.83 bits per heavy atom.